The van der Waals surface area contributed by atoms with E-state index in [0.717, 1.165) is 51.1 Å². The predicted molar refractivity (Wildman–Crippen MR) is 142 cm³/mol. The number of aliphatic imine (C=N–C) groups is 1. The molecular formula is C24H42IN5O2. The van der Waals surface area contributed by atoms with Crippen LogP contribution in [0.25, 0.3) is 0 Å². The molecule has 1 atom stereocenters. The van der Waals surface area contributed by atoms with E-state index in [1.807, 2.05) is 12.1 Å². The van der Waals surface area contributed by atoms with Gasteiger partial charge in [0.2, 0.25) is 0 Å². The third-order valence-corrected chi connectivity index (χ3v) is 6.22. The average molecular weight is 560 g/mol. The summed E-state index contributed by atoms with van der Waals surface area (Å²) in [4.78, 5) is 10.1. The number of benzene rings is 1. The Morgan fingerprint density at radius 1 is 1.12 bits per heavy atom. The van der Waals surface area contributed by atoms with Gasteiger partial charge in [0, 0.05) is 38.8 Å². The molecule has 2 heterocycles. The number of nitrogens with one attached hydrogen (secondary N) is 2. The lowest BCUT2D eigenvalue weighted by molar-refractivity contribution is 0.0179. The fraction of sp³-hybridized carbons (Fsp3) is 0.708. The molecule has 0 amide bonds. The number of guanidine groups is 1. The number of piperidine rings is 1. The molecule has 0 radical (unpaired) electrons. The van der Waals surface area contributed by atoms with Gasteiger partial charge in [0.15, 0.2) is 5.96 Å². The van der Waals surface area contributed by atoms with Crippen molar-refractivity contribution < 1.29 is 9.47 Å². The minimum Gasteiger partial charge on any atom is -0.497 e. The van der Waals surface area contributed by atoms with E-state index in [0.29, 0.717) is 6.04 Å². The normalized spacial score (nSPS) is 19.8. The number of hydrogen-bond donors (Lipinski definition) is 2. The first kappa shape index (κ1) is 27.1. The Morgan fingerprint density at radius 2 is 1.81 bits per heavy atom. The zero-order chi connectivity index (χ0) is 21.9. The van der Waals surface area contributed by atoms with Gasteiger partial charge >= 0.3 is 0 Å². The predicted octanol–water partition coefficient (Wildman–Crippen LogP) is 3.12. The van der Waals surface area contributed by atoms with Gasteiger partial charge in [0.1, 0.15) is 5.75 Å². The van der Waals surface area contributed by atoms with Crippen molar-refractivity contribution in [3.05, 3.63) is 29.8 Å². The van der Waals surface area contributed by atoms with Crippen molar-refractivity contribution in [3.63, 3.8) is 0 Å². The molecule has 0 bridgehead atoms. The van der Waals surface area contributed by atoms with Crippen LogP contribution in [0.2, 0.25) is 0 Å². The third kappa shape index (κ3) is 8.35. The van der Waals surface area contributed by atoms with Crippen molar-refractivity contribution in [2.24, 2.45) is 4.99 Å². The largest absolute Gasteiger partial charge is 0.497 e. The highest BCUT2D eigenvalue weighted by Gasteiger charge is 2.24. The maximum absolute atomic E-state index is 5.59. The molecule has 8 heteroatoms. The van der Waals surface area contributed by atoms with Crippen LogP contribution in [0.5, 0.6) is 5.75 Å². The highest BCUT2D eigenvalue weighted by atomic mass is 127. The highest BCUT2D eigenvalue weighted by molar-refractivity contribution is 14.0. The van der Waals surface area contributed by atoms with Crippen LogP contribution in [0.1, 0.15) is 44.7 Å². The number of morpholine rings is 1. The third-order valence-electron chi connectivity index (χ3n) is 6.22. The fourth-order valence-electron chi connectivity index (χ4n) is 4.46. The van der Waals surface area contributed by atoms with E-state index in [9.17, 15) is 0 Å². The van der Waals surface area contributed by atoms with Gasteiger partial charge in [-0.05, 0) is 50.4 Å². The number of nitrogens with zero attached hydrogens (tertiary/aromatic N) is 3. The number of rotatable bonds is 9. The molecule has 2 N–H and O–H groups in total. The second-order valence-corrected chi connectivity index (χ2v) is 8.42. The number of ether oxygens (including phenoxy) is 2. The lowest BCUT2D eigenvalue weighted by Gasteiger charge is -2.35. The van der Waals surface area contributed by atoms with E-state index in [2.05, 4.69) is 46.4 Å². The van der Waals surface area contributed by atoms with Crippen LogP contribution >= 0.6 is 24.0 Å². The molecule has 2 fully saturated rings. The Labute approximate surface area is 211 Å². The average Bonchev–Trinajstić information content (AvgIpc) is 2.82. The molecule has 1 unspecified atom stereocenters. The molecule has 182 valence electrons. The first-order chi connectivity index (χ1) is 15.2. The molecule has 32 heavy (non-hydrogen) atoms. The van der Waals surface area contributed by atoms with Crippen LogP contribution in [0.15, 0.2) is 29.3 Å². The van der Waals surface area contributed by atoms with Crippen LogP contribution in [-0.4, -0.2) is 87.9 Å². The van der Waals surface area contributed by atoms with E-state index in [-0.39, 0.29) is 30.0 Å². The summed E-state index contributed by atoms with van der Waals surface area (Å²) >= 11 is 0. The second kappa shape index (κ2) is 14.9. The zero-order valence-corrected chi connectivity index (χ0v) is 22.3. The topological polar surface area (TPSA) is 61.4 Å². The highest BCUT2D eigenvalue weighted by Crippen LogP contribution is 2.24. The maximum Gasteiger partial charge on any atom is 0.191 e. The van der Waals surface area contributed by atoms with Gasteiger partial charge in [0.25, 0.3) is 0 Å². The molecule has 1 aromatic rings. The first-order valence-electron chi connectivity index (χ1n) is 12.0. The fourth-order valence-corrected chi connectivity index (χ4v) is 4.46. The summed E-state index contributed by atoms with van der Waals surface area (Å²) in [5.74, 6) is 1.82. The second-order valence-electron chi connectivity index (χ2n) is 8.42. The van der Waals surface area contributed by atoms with Gasteiger partial charge in [-0.1, -0.05) is 19.1 Å². The van der Waals surface area contributed by atoms with E-state index in [1.54, 1.807) is 7.11 Å². The van der Waals surface area contributed by atoms with Crippen LogP contribution in [0.3, 0.4) is 0 Å². The van der Waals surface area contributed by atoms with Crippen molar-refractivity contribution in [2.45, 2.75) is 45.2 Å². The monoisotopic (exact) mass is 559 g/mol. The van der Waals surface area contributed by atoms with E-state index < -0.39 is 0 Å². The quantitative estimate of drug-likeness (QED) is 0.276. The molecule has 2 aliphatic rings. The number of methoxy groups -OCH3 is 1. The summed E-state index contributed by atoms with van der Waals surface area (Å²) in [5, 5.41) is 7.15. The van der Waals surface area contributed by atoms with Crippen molar-refractivity contribution in [3.8, 4) is 5.75 Å². The molecule has 0 aromatic heterocycles. The van der Waals surface area contributed by atoms with Gasteiger partial charge in [-0.3, -0.25) is 9.89 Å². The van der Waals surface area contributed by atoms with Crippen molar-refractivity contribution in [1.82, 2.24) is 20.4 Å². The van der Waals surface area contributed by atoms with Crippen molar-refractivity contribution >= 4 is 29.9 Å². The van der Waals surface area contributed by atoms with E-state index >= 15 is 0 Å². The Morgan fingerprint density at radius 3 is 2.41 bits per heavy atom. The van der Waals surface area contributed by atoms with Crippen molar-refractivity contribution in [1.29, 1.82) is 0 Å². The lowest BCUT2D eigenvalue weighted by Crippen LogP contribution is -2.49. The smallest absolute Gasteiger partial charge is 0.191 e. The van der Waals surface area contributed by atoms with Crippen LogP contribution < -0.4 is 15.4 Å². The zero-order valence-electron chi connectivity index (χ0n) is 20.0. The summed E-state index contributed by atoms with van der Waals surface area (Å²) < 4.78 is 10.9. The van der Waals surface area contributed by atoms with Gasteiger partial charge in [-0.25, -0.2) is 0 Å². The minimum atomic E-state index is 0. The SMILES string of the molecule is CCCN1CCC(NC(=NCC(c2ccc(OC)cc2)N2CCOCC2)NCC)CC1.I. The van der Waals surface area contributed by atoms with E-state index in [4.69, 9.17) is 14.5 Å². The Bertz CT molecular complexity index is 659. The summed E-state index contributed by atoms with van der Waals surface area (Å²) in [6.45, 7) is 13.0. The van der Waals surface area contributed by atoms with E-state index in [1.165, 1.54) is 44.5 Å². The Kier molecular flexibility index (Phi) is 12.7. The molecule has 0 spiro atoms. The molecule has 2 saturated heterocycles. The number of likely N-dealkylation sites (tertiary alicyclic amines) is 1. The molecule has 3 rings (SSSR count). The maximum atomic E-state index is 5.59. The van der Waals surface area contributed by atoms with Crippen LogP contribution in [-0.2, 0) is 4.74 Å². The lowest BCUT2D eigenvalue weighted by atomic mass is 10.0. The molecular weight excluding hydrogens is 517 g/mol. The molecule has 1 aromatic carbocycles. The molecule has 7 nitrogen and oxygen atoms in total. The first-order valence-corrected chi connectivity index (χ1v) is 12.0. The number of halogens is 1. The molecule has 2 aliphatic heterocycles. The summed E-state index contributed by atoms with van der Waals surface area (Å²) in [5.41, 5.74) is 1.27. The Hall–Kier alpha value is -1.10. The molecule has 0 saturated carbocycles. The van der Waals surface area contributed by atoms with Crippen molar-refractivity contribution in [2.75, 3.05) is 66.1 Å². The molecule has 0 aliphatic carbocycles. The summed E-state index contributed by atoms with van der Waals surface area (Å²) in [6, 6.07) is 9.14. The van der Waals surface area contributed by atoms with Crippen LogP contribution in [0, 0.1) is 0 Å². The number of hydrogen-bond acceptors (Lipinski definition) is 5. The van der Waals surface area contributed by atoms with Gasteiger partial charge < -0.3 is 25.0 Å². The van der Waals surface area contributed by atoms with Gasteiger partial charge in [0.05, 0.1) is 32.9 Å². The Balaban J connectivity index is 0.00000363. The van der Waals surface area contributed by atoms with Gasteiger partial charge in [-0.2, -0.15) is 0 Å². The minimum absolute atomic E-state index is 0. The summed E-state index contributed by atoms with van der Waals surface area (Å²) in [7, 11) is 1.71. The van der Waals surface area contributed by atoms with Gasteiger partial charge in [-0.15, -0.1) is 24.0 Å². The summed E-state index contributed by atoms with van der Waals surface area (Å²) in [6.07, 6.45) is 3.59. The van der Waals surface area contributed by atoms with Crippen LogP contribution in [0.4, 0.5) is 0 Å². The standard InChI is InChI=1S/C24H41N5O2.HI/c1-4-12-28-13-10-21(11-14-28)27-24(25-5-2)26-19-23(29-15-17-31-18-16-29)20-6-8-22(30-3)9-7-20;/h6-9,21,23H,4-5,10-19H2,1-3H3,(H2,25,26,27);1H.